The second kappa shape index (κ2) is 22.9. The molecule has 0 amide bonds. The summed E-state index contributed by atoms with van der Waals surface area (Å²) in [5, 5.41) is 0. The predicted molar refractivity (Wildman–Crippen MR) is 283 cm³/mol. The smallest absolute Gasteiger partial charge is 0.182 e. The molecule has 5 heterocycles. The molecular weight excluding hydrogens is 809 g/mol. The molecule has 0 radical (unpaired) electrons. The first-order valence-corrected chi connectivity index (χ1v) is 26.2. The van der Waals surface area contributed by atoms with Crippen LogP contribution in [0.2, 0.25) is 0 Å². The van der Waals surface area contributed by atoms with Gasteiger partial charge in [-0.1, -0.05) is 120 Å². The lowest BCUT2D eigenvalue weighted by Gasteiger charge is -2.17. The summed E-state index contributed by atoms with van der Waals surface area (Å²) in [6, 6.07) is 4.64. The molecule has 6 rings (SSSR count). The predicted octanol–water partition coefficient (Wildman–Crippen LogP) is 16.3. The van der Waals surface area contributed by atoms with Gasteiger partial charge in [-0.3, -0.25) is 9.59 Å². The second-order valence-electron chi connectivity index (χ2n) is 20.9. The van der Waals surface area contributed by atoms with E-state index < -0.39 is 0 Å². The van der Waals surface area contributed by atoms with Crippen molar-refractivity contribution in [2.75, 3.05) is 0 Å². The number of rotatable bonds is 22. The van der Waals surface area contributed by atoms with E-state index in [0.717, 1.165) is 108 Å². The van der Waals surface area contributed by atoms with Crippen molar-refractivity contribution in [2.45, 2.75) is 199 Å². The molecule has 1 aliphatic carbocycles. The number of H-pyrrole nitrogens is 2. The van der Waals surface area contributed by atoms with Crippen molar-refractivity contribution in [1.29, 1.82) is 0 Å². The summed E-state index contributed by atoms with van der Waals surface area (Å²) in [6.07, 6.45) is 22.8. The zero-order valence-corrected chi connectivity index (χ0v) is 43.4. The number of aryl methyl sites for hydroxylation is 5. The standard InChI is InChI=1S/C60H84N4O2/c1-14-46-40(10)57-50(29-21-28-44-33-45(65)30-31-56(44)66)58-41(11)47(15-2)53(62-58)35-55-49(17-4)43(13)60(64-55)51(59-42(12)48(16-3)54(63-59)34-52(46)61-57)32-39(9)27-20-26-38(8)25-19-24-37(7)23-18-22-36(5)6/h30-31,33-39,61-62H,14-29,32H2,1-13H3. The maximum Gasteiger partial charge on any atom is 0.182 e. The van der Waals surface area contributed by atoms with Crippen LogP contribution < -0.4 is 0 Å². The highest BCUT2D eigenvalue weighted by atomic mass is 16.1. The normalized spacial score (nSPS) is 15.7. The fourth-order valence-corrected chi connectivity index (χ4v) is 11.4. The van der Waals surface area contributed by atoms with Crippen molar-refractivity contribution < 1.29 is 9.59 Å². The number of carbonyl (C=O) groups excluding carboxylic acids is 2. The van der Waals surface area contributed by atoms with E-state index in [2.05, 4.69) is 112 Å². The number of nitrogens with zero attached hydrogens (tertiary/aromatic N) is 2. The highest BCUT2D eigenvalue weighted by molar-refractivity contribution is 6.17. The molecule has 3 atom stereocenters. The minimum absolute atomic E-state index is 0.0643. The monoisotopic (exact) mass is 893 g/mol. The van der Waals surface area contributed by atoms with Crippen LogP contribution in [0.5, 0.6) is 0 Å². The van der Waals surface area contributed by atoms with E-state index in [1.165, 1.54) is 132 Å². The van der Waals surface area contributed by atoms with Gasteiger partial charge in [0, 0.05) is 33.2 Å². The molecule has 2 aliphatic heterocycles. The SMILES string of the molecule is CCC1=C(C)c2nc1cc1[nH]c(c(C)c1CC)c(CCCC1=CC(=O)C=CC1=O)c1[nH]c(cc3nc(c2CC(C)CCCC(C)CCCC(C)CCCC(C)C)C(C)=C3CC)c(CC)c1C. The van der Waals surface area contributed by atoms with Crippen LogP contribution in [0.4, 0.5) is 0 Å². The Balaban J connectivity index is 1.44. The number of aromatic nitrogens is 4. The van der Waals surface area contributed by atoms with E-state index in [-0.39, 0.29) is 11.6 Å². The minimum Gasteiger partial charge on any atom is -0.355 e. The third-order valence-electron chi connectivity index (χ3n) is 15.4. The molecular formula is C60H84N4O2. The van der Waals surface area contributed by atoms with Gasteiger partial charge in [-0.2, -0.15) is 0 Å². The Labute approximate surface area is 398 Å². The Morgan fingerprint density at radius 2 is 1.00 bits per heavy atom. The van der Waals surface area contributed by atoms with E-state index in [0.29, 0.717) is 17.9 Å². The van der Waals surface area contributed by atoms with Crippen molar-refractivity contribution in [3.8, 4) is 0 Å². The van der Waals surface area contributed by atoms with Gasteiger partial charge in [-0.05, 0) is 183 Å². The van der Waals surface area contributed by atoms with Gasteiger partial charge in [0.15, 0.2) is 11.6 Å². The zero-order valence-electron chi connectivity index (χ0n) is 43.4. The first-order chi connectivity index (χ1) is 31.6. The third-order valence-corrected chi connectivity index (χ3v) is 15.4. The Morgan fingerprint density at radius 1 is 0.530 bits per heavy atom. The summed E-state index contributed by atoms with van der Waals surface area (Å²) in [5.74, 6) is 2.75. The Hall–Kier alpha value is -4.58. The highest BCUT2D eigenvalue weighted by Crippen LogP contribution is 2.41. The molecule has 0 fully saturated rings. The number of fused-ring (bicyclic) bond motifs is 8. The van der Waals surface area contributed by atoms with Crippen molar-refractivity contribution in [3.05, 3.63) is 92.1 Å². The lowest BCUT2D eigenvalue weighted by molar-refractivity contribution is -0.114. The van der Waals surface area contributed by atoms with E-state index in [1.54, 1.807) is 0 Å². The van der Waals surface area contributed by atoms with E-state index in [9.17, 15) is 9.59 Å². The first kappa shape index (κ1) is 50.8. The molecule has 6 nitrogen and oxygen atoms in total. The molecule has 2 N–H and O–H groups in total. The number of hydrogen-bond acceptors (Lipinski definition) is 4. The van der Waals surface area contributed by atoms with Crippen LogP contribution in [0, 0.1) is 37.5 Å². The fourth-order valence-electron chi connectivity index (χ4n) is 11.4. The molecule has 0 saturated heterocycles. The van der Waals surface area contributed by atoms with Crippen molar-refractivity contribution in [2.24, 2.45) is 23.7 Å². The average Bonchev–Trinajstić information content (AvgIpc) is 3.97. The van der Waals surface area contributed by atoms with Gasteiger partial charge in [0.2, 0.25) is 0 Å². The van der Waals surface area contributed by atoms with Gasteiger partial charge >= 0.3 is 0 Å². The molecule has 6 heteroatoms. The third kappa shape index (κ3) is 11.6. The van der Waals surface area contributed by atoms with E-state index in [1.807, 2.05) is 0 Å². The number of carbonyl (C=O) groups is 2. The zero-order chi connectivity index (χ0) is 47.8. The fraction of sp³-hybridized carbons (Fsp3) is 0.567. The van der Waals surface area contributed by atoms with Gasteiger partial charge < -0.3 is 9.97 Å². The highest BCUT2D eigenvalue weighted by Gasteiger charge is 2.27. The first-order valence-electron chi connectivity index (χ1n) is 26.2. The van der Waals surface area contributed by atoms with Crippen molar-refractivity contribution in [3.63, 3.8) is 0 Å². The molecule has 3 unspecified atom stereocenters. The second-order valence-corrected chi connectivity index (χ2v) is 20.9. The Kier molecular flexibility index (Phi) is 17.7. The summed E-state index contributed by atoms with van der Waals surface area (Å²) < 4.78 is 0. The van der Waals surface area contributed by atoms with Crippen molar-refractivity contribution in [1.82, 2.24) is 19.9 Å². The van der Waals surface area contributed by atoms with E-state index in [4.69, 9.17) is 9.97 Å². The quantitative estimate of drug-likeness (QED) is 0.0983. The van der Waals surface area contributed by atoms with Crippen LogP contribution in [0.3, 0.4) is 0 Å². The molecule has 0 spiro atoms. The summed E-state index contributed by atoms with van der Waals surface area (Å²) in [7, 11) is 0. The summed E-state index contributed by atoms with van der Waals surface area (Å²) in [4.78, 5) is 44.3. The Bertz CT molecular complexity index is 2440. The molecule has 0 aromatic carbocycles. The van der Waals surface area contributed by atoms with Crippen LogP contribution in [-0.4, -0.2) is 31.5 Å². The Morgan fingerprint density at radius 3 is 1.45 bits per heavy atom. The largest absolute Gasteiger partial charge is 0.355 e. The minimum atomic E-state index is -0.113. The molecule has 66 heavy (non-hydrogen) atoms. The molecule has 3 aliphatic rings. The number of ketones is 2. The molecule has 3 aromatic heterocycles. The van der Waals surface area contributed by atoms with Gasteiger partial charge in [0.25, 0.3) is 0 Å². The van der Waals surface area contributed by atoms with Crippen LogP contribution in [0.25, 0.3) is 44.4 Å². The number of nitrogens with one attached hydrogen (secondary N) is 2. The van der Waals surface area contributed by atoms with Gasteiger partial charge in [-0.25, -0.2) is 9.97 Å². The molecule has 356 valence electrons. The average molecular weight is 893 g/mol. The summed E-state index contributed by atoms with van der Waals surface area (Å²) in [6.45, 7) is 30.2. The topological polar surface area (TPSA) is 91.5 Å². The van der Waals surface area contributed by atoms with Gasteiger partial charge in [0.1, 0.15) is 0 Å². The lowest BCUT2D eigenvalue weighted by Crippen LogP contribution is -2.07. The summed E-state index contributed by atoms with van der Waals surface area (Å²) in [5.41, 5.74) is 22.2. The number of allylic oxidation sites excluding steroid dienone is 8. The van der Waals surface area contributed by atoms with Gasteiger partial charge in [0.05, 0.1) is 22.8 Å². The lowest BCUT2D eigenvalue weighted by atomic mass is 9.88. The summed E-state index contributed by atoms with van der Waals surface area (Å²) >= 11 is 0. The van der Waals surface area contributed by atoms with Crippen molar-refractivity contribution >= 4 is 55.9 Å². The van der Waals surface area contributed by atoms with Gasteiger partial charge in [-0.15, -0.1) is 0 Å². The van der Waals surface area contributed by atoms with Crippen LogP contribution in [-0.2, 0) is 35.3 Å². The molecule has 0 saturated carbocycles. The maximum atomic E-state index is 12.8. The van der Waals surface area contributed by atoms with E-state index >= 15 is 0 Å². The van der Waals surface area contributed by atoms with Crippen LogP contribution in [0.1, 0.15) is 216 Å². The van der Waals surface area contributed by atoms with Crippen LogP contribution >= 0.6 is 0 Å². The van der Waals surface area contributed by atoms with Crippen LogP contribution in [0.15, 0.2) is 35.9 Å². The molecule has 3 aromatic rings. The number of hydrogen-bond donors (Lipinski definition) is 2. The maximum absolute atomic E-state index is 12.8. The number of aromatic amines is 2. The molecule has 8 bridgehead atoms.